The third-order valence-electron chi connectivity index (χ3n) is 5.24. The first-order valence-electron chi connectivity index (χ1n) is 9.16. The Morgan fingerprint density at radius 3 is 2.72 bits per heavy atom. The first-order chi connectivity index (χ1) is 14.3. The zero-order chi connectivity index (χ0) is 19.4. The Hall–Kier alpha value is -4.14. The van der Waals surface area contributed by atoms with E-state index in [4.69, 9.17) is 0 Å². The Bertz CT molecular complexity index is 1500. The molecule has 0 spiro atoms. The van der Waals surface area contributed by atoms with Gasteiger partial charge < -0.3 is 0 Å². The van der Waals surface area contributed by atoms with Crippen molar-refractivity contribution in [1.29, 1.82) is 0 Å². The van der Waals surface area contributed by atoms with Gasteiger partial charge in [0.15, 0.2) is 5.65 Å². The molecule has 0 amide bonds. The molecular weight excluding hydrogens is 366 g/mol. The predicted octanol–water partition coefficient (Wildman–Crippen LogP) is 2.79. The number of nitrogens with one attached hydrogen (secondary N) is 1. The molecule has 0 aliphatic rings. The number of aryl methyl sites for hydroxylation is 1. The second-order valence-electron chi connectivity index (χ2n) is 6.88. The van der Waals surface area contributed by atoms with Crippen LogP contribution in [0.4, 0.5) is 0 Å². The highest BCUT2D eigenvalue weighted by molar-refractivity contribution is 5.90. The molecule has 1 N–H and O–H groups in total. The minimum Gasteiger partial charge on any atom is -0.261 e. The first kappa shape index (κ1) is 15.9. The summed E-state index contributed by atoms with van der Waals surface area (Å²) in [6.45, 7) is 2.58. The van der Waals surface area contributed by atoms with Gasteiger partial charge in [-0.1, -0.05) is 0 Å². The van der Waals surface area contributed by atoms with Gasteiger partial charge in [-0.3, -0.25) is 19.7 Å². The number of pyridine rings is 3. The van der Waals surface area contributed by atoms with Crippen molar-refractivity contribution in [3.63, 3.8) is 0 Å². The van der Waals surface area contributed by atoms with E-state index >= 15 is 0 Å². The molecule has 0 aliphatic heterocycles. The number of aromatic amines is 1. The fourth-order valence-electron chi connectivity index (χ4n) is 3.75. The van der Waals surface area contributed by atoms with E-state index in [9.17, 15) is 0 Å². The fourth-order valence-corrected chi connectivity index (χ4v) is 3.75. The Kier molecular flexibility index (Phi) is 3.25. The molecule has 6 aromatic rings. The van der Waals surface area contributed by atoms with Crippen molar-refractivity contribution in [2.75, 3.05) is 0 Å². The van der Waals surface area contributed by atoms with Crippen LogP contribution >= 0.6 is 0 Å². The van der Waals surface area contributed by atoms with Gasteiger partial charge in [0, 0.05) is 34.2 Å². The second-order valence-corrected chi connectivity index (χ2v) is 6.88. The van der Waals surface area contributed by atoms with Crippen molar-refractivity contribution in [2.24, 2.45) is 0 Å². The first-order valence-corrected chi connectivity index (χ1v) is 9.16. The third-order valence-corrected chi connectivity index (χ3v) is 5.24. The van der Waals surface area contributed by atoms with Gasteiger partial charge in [0.05, 0.1) is 54.2 Å². The number of rotatable bonds is 3. The van der Waals surface area contributed by atoms with Crippen LogP contribution in [-0.4, -0.2) is 44.7 Å². The van der Waals surface area contributed by atoms with Crippen LogP contribution in [0, 0.1) is 6.92 Å². The van der Waals surface area contributed by atoms with E-state index in [0.29, 0.717) is 6.54 Å². The number of hydrogen-bond acceptors (Lipinski definition) is 6. The zero-order valence-corrected chi connectivity index (χ0v) is 15.5. The molecule has 9 nitrogen and oxygen atoms in total. The quantitative estimate of drug-likeness (QED) is 0.506. The highest BCUT2D eigenvalue weighted by atomic mass is 15.3. The van der Waals surface area contributed by atoms with Gasteiger partial charge in [-0.05, 0) is 24.6 Å². The lowest BCUT2D eigenvalue weighted by Gasteiger charge is -2.07. The maximum Gasteiger partial charge on any atom is 0.155 e. The Morgan fingerprint density at radius 2 is 1.76 bits per heavy atom. The molecule has 6 rings (SSSR count). The van der Waals surface area contributed by atoms with Gasteiger partial charge in [-0.2, -0.15) is 15.3 Å². The summed E-state index contributed by atoms with van der Waals surface area (Å²) in [5.74, 6) is 0. The minimum atomic E-state index is 0.593. The summed E-state index contributed by atoms with van der Waals surface area (Å²) in [7, 11) is 0. The predicted molar refractivity (Wildman–Crippen MR) is 108 cm³/mol. The van der Waals surface area contributed by atoms with Crippen molar-refractivity contribution in [3.05, 3.63) is 66.8 Å². The van der Waals surface area contributed by atoms with Crippen molar-refractivity contribution in [1.82, 2.24) is 44.7 Å². The second kappa shape index (κ2) is 5.93. The highest BCUT2D eigenvalue weighted by Gasteiger charge is 2.14. The summed E-state index contributed by atoms with van der Waals surface area (Å²) in [5, 5.41) is 19.2. The van der Waals surface area contributed by atoms with E-state index in [1.807, 2.05) is 53.2 Å². The van der Waals surface area contributed by atoms with Crippen LogP contribution in [-0.2, 0) is 6.54 Å². The van der Waals surface area contributed by atoms with Crippen molar-refractivity contribution in [2.45, 2.75) is 13.5 Å². The van der Waals surface area contributed by atoms with E-state index in [-0.39, 0.29) is 0 Å². The molecule has 0 unspecified atom stereocenters. The molecule has 0 radical (unpaired) electrons. The van der Waals surface area contributed by atoms with Crippen LogP contribution in [0.25, 0.3) is 38.5 Å². The maximum absolute atomic E-state index is 4.62. The standard InChI is InChI=1S/C20H15N9/c1-12-14-7-26-29(17(14)3-5-22-12)19-10-21-9-18-16(19)8-25-28(18)11-13-2-4-23-20-15(13)6-24-27-20/h2-10H,11H2,1H3,(H,23,24,27). The number of fused-ring (bicyclic) bond motifs is 3. The molecule has 0 saturated heterocycles. The molecule has 0 atom stereocenters. The molecule has 0 fully saturated rings. The molecule has 140 valence electrons. The normalized spacial score (nSPS) is 11.8. The summed E-state index contributed by atoms with van der Waals surface area (Å²) in [6, 6.07) is 3.95. The summed E-state index contributed by atoms with van der Waals surface area (Å²) >= 11 is 0. The lowest BCUT2D eigenvalue weighted by atomic mass is 10.2. The van der Waals surface area contributed by atoms with Crippen LogP contribution in [0.5, 0.6) is 0 Å². The average molecular weight is 381 g/mol. The summed E-state index contributed by atoms with van der Waals surface area (Å²) in [5.41, 5.74) is 5.62. The molecule has 29 heavy (non-hydrogen) atoms. The van der Waals surface area contributed by atoms with Crippen molar-refractivity contribution in [3.8, 4) is 5.69 Å². The zero-order valence-electron chi connectivity index (χ0n) is 15.5. The van der Waals surface area contributed by atoms with E-state index in [1.54, 1.807) is 18.6 Å². The SMILES string of the molecule is Cc1nccc2c1cnn2-c1cncc2c1cnn2Cc1ccnc2[nH]ncc12. The molecule has 6 heterocycles. The average Bonchev–Trinajstić information content (AvgIpc) is 3.47. The lowest BCUT2D eigenvalue weighted by Crippen LogP contribution is -2.03. The van der Waals surface area contributed by atoms with Crippen LogP contribution in [0.15, 0.2) is 55.5 Å². The number of nitrogens with zero attached hydrogens (tertiary/aromatic N) is 8. The Morgan fingerprint density at radius 1 is 0.862 bits per heavy atom. The third kappa shape index (κ3) is 2.34. The Balaban J connectivity index is 1.50. The number of hydrogen-bond donors (Lipinski definition) is 1. The van der Waals surface area contributed by atoms with Crippen LogP contribution in [0.1, 0.15) is 11.3 Å². The van der Waals surface area contributed by atoms with E-state index in [1.165, 1.54) is 0 Å². The topological polar surface area (TPSA) is 103 Å². The van der Waals surface area contributed by atoms with Crippen LogP contribution < -0.4 is 0 Å². The van der Waals surface area contributed by atoms with Crippen LogP contribution in [0.2, 0.25) is 0 Å². The largest absolute Gasteiger partial charge is 0.261 e. The molecule has 0 aliphatic carbocycles. The van der Waals surface area contributed by atoms with E-state index < -0.39 is 0 Å². The number of H-pyrrole nitrogens is 1. The van der Waals surface area contributed by atoms with Gasteiger partial charge >= 0.3 is 0 Å². The van der Waals surface area contributed by atoms with Gasteiger partial charge in [0.1, 0.15) is 0 Å². The molecule has 6 aromatic heterocycles. The van der Waals surface area contributed by atoms with E-state index in [2.05, 4.69) is 35.3 Å². The smallest absolute Gasteiger partial charge is 0.155 e. The van der Waals surface area contributed by atoms with Gasteiger partial charge in [-0.25, -0.2) is 9.67 Å². The van der Waals surface area contributed by atoms with Crippen molar-refractivity contribution >= 4 is 32.8 Å². The number of aromatic nitrogens is 9. The summed E-state index contributed by atoms with van der Waals surface area (Å²) in [4.78, 5) is 13.1. The minimum absolute atomic E-state index is 0.593. The van der Waals surface area contributed by atoms with Gasteiger partial charge in [0.25, 0.3) is 0 Å². The summed E-state index contributed by atoms with van der Waals surface area (Å²) < 4.78 is 3.83. The monoisotopic (exact) mass is 381 g/mol. The molecule has 9 heteroatoms. The highest BCUT2D eigenvalue weighted by Crippen LogP contribution is 2.26. The molecule has 0 bridgehead atoms. The van der Waals surface area contributed by atoms with Crippen LogP contribution in [0.3, 0.4) is 0 Å². The van der Waals surface area contributed by atoms with Gasteiger partial charge in [-0.15, -0.1) is 0 Å². The lowest BCUT2D eigenvalue weighted by molar-refractivity contribution is 0.714. The Labute approximate surface area is 164 Å². The summed E-state index contributed by atoms with van der Waals surface area (Å²) in [6.07, 6.45) is 12.7. The molecule has 0 saturated carbocycles. The fraction of sp³-hybridized carbons (Fsp3) is 0.100. The van der Waals surface area contributed by atoms with Crippen molar-refractivity contribution < 1.29 is 0 Å². The maximum atomic E-state index is 4.62. The van der Waals surface area contributed by atoms with E-state index in [0.717, 1.165) is 49.8 Å². The molecular formula is C20H15N9. The van der Waals surface area contributed by atoms with Gasteiger partial charge in [0.2, 0.25) is 0 Å². The molecule has 0 aromatic carbocycles.